The molecule has 4 heteroatoms. The molecule has 0 bridgehead atoms. The summed E-state index contributed by atoms with van der Waals surface area (Å²) in [5.74, 6) is 1.77. The molecule has 0 saturated carbocycles. The number of rotatable bonds is 9. The van der Waals surface area contributed by atoms with Gasteiger partial charge in [-0.1, -0.05) is 20.8 Å². The van der Waals surface area contributed by atoms with Crippen molar-refractivity contribution in [2.45, 2.75) is 59.5 Å². The minimum atomic E-state index is 0.130. The second-order valence-electron chi connectivity index (χ2n) is 6.79. The summed E-state index contributed by atoms with van der Waals surface area (Å²) in [5, 5.41) is 2.95. The van der Waals surface area contributed by atoms with E-state index in [2.05, 4.69) is 37.9 Å². The fraction of sp³-hybridized carbons (Fsp3) is 0.941. The molecule has 1 heterocycles. The van der Waals surface area contributed by atoms with Crippen molar-refractivity contribution in [1.82, 2.24) is 10.2 Å². The SMILES string of the molecule is CCC(C)OCCNC(=O)CN1CCC(CC(C)C)CC1. The molecule has 1 saturated heterocycles. The number of ether oxygens (including phenoxy) is 1. The zero-order chi connectivity index (χ0) is 15.7. The minimum absolute atomic E-state index is 0.130. The van der Waals surface area contributed by atoms with Crippen LogP contribution in [0.15, 0.2) is 0 Å². The van der Waals surface area contributed by atoms with Crippen molar-refractivity contribution in [3.63, 3.8) is 0 Å². The fourth-order valence-corrected chi connectivity index (χ4v) is 2.87. The summed E-state index contributed by atoms with van der Waals surface area (Å²) in [6.45, 7) is 12.6. The lowest BCUT2D eigenvalue weighted by atomic mass is 9.89. The molecule has 0 aromatic rings. The molecule has 1 fully saturated rings. The van der Waals surface area contributed by atoms with E-state index in [9.17, 15) is 4.79 Å². The van der Waals surface area contributed by atoms with Gasteiger partial charge in [0.05, 0.1) is 19.3 Å². The molecule has 1 aliphatic heterocycles. The second-order valence-corrected chi connectivity index (χ2v) is 6.79. The van der Waals surface area contributed by atoms with Gasteiger partial charge in [0.1, 0.15) is 0 Å². The third-order valence-corrected chi connectivity index (χ3v) is 4.28. The molecule has 1 N–H and O–H groups in total. The Labute approximate surface area is 130 Å². The van der Waals surface area contributed by atoms with Crippen molar-refractivity contribution in [2.75, 3.05) is 32.8 Å². The maximum absolute atomic E-state index is 11.9. The Bertz CT molecular complexity index is 287. The van der Waals surface area contributed by atoms with Gasteiger partial charge < -0.3 is 10.1 Å². The Kier molecular flexibility index (Phi) is 8.93. The van der Waals surface area contributed by atoms with Crippen LogP contribution in [0.25, 0.3) is 0 Å². The molecule has 1 atom stereocenters. The van der Waals surface area contributed by atoms with Crippen LogP contribution < -0.4 is 5.32 Å². The normalized spacial score (nSPS) is 18.9. The van der Waals surface area contributed by atoms with Crippen LogP contribution in [-0.4, -0.2) is 49.7 Å². The highest BCUT2D eigenvalue weighted by molar-refractivity contribution is 5.77. The first-order chi connectivity index (χ1) is 10.0. The molecular formula is C17H34N2O2. The van der Waals surface area contributed by atoms with Gasteiger partial charge in [0.2, 0.25) is 5.91 Å². The maximum Gasteiger partial charge on any atom is 0.234 e. The summed E-state index contributed by atoms with van der Waals surface area (Å²) in [7, 11) is 0. The van der Waals surface area contributed by atoms with Gasteiger partial charge in [0.15, 0.2) is 0 Å². The van der Waals surface area contributed by atoms with Gasteiger partial charge in [-0.2, -0.15) is 0 Å². The molecule has 21 heavy (non-hydrogen) atoms. The second kappa shape index (κ2) is 10.2. The van der Waals surface area contributed by atoms with Crippen LogP contribution >= 0.6 is 0 Å². The number of carbonyl (C=O) groups excluding carboxylic acids is 1. The first-order valence-corrected chi connectivity index (χ1v) is 8.61. The lowest BCUT2D eigenvalue weighted by molar-refractivity contribution is -0.123. The average Bonchev–Trinajstić information content (AvgIpc) is 2.45. The van der Waals surface area contributed by atoms with Crippen LogP contribution in [-0.2, 0) is 9.53 Å². The van der Waals surface area contributed by atoms with Gasteiger partial charge in [-0.15, -0.1) is 0 Å². The molecule has 0 aromatic heterocycles. The number of nitrogens with one attached hydrogen (secondary N) is 1. The van der Waals surface area contributed by atoms with E-state index < -0.39 is 0 Å². The molecule has 0 radical (unpaired) electrons. The van der Waals surface area contributed by atoms with Crippen molar-refractivity contribution in [3.05, 3.63) is 0 Å². The van der Waals surface area contributed by atoms with Crippen LogP contribution in [0.2, 0.25) is 0 Å². The Morgan fingerprint density at radius 3 is 2.52 bits per heavy atom. The highest BCUT2D eigenvalue weighted by atomic mass is 16.5. The maximum atomic E-state index is 11.9. The molecule has 0 spiro atoms. The summed E-state index contributed by atoms with van der Waals surface area (Å²) in [4.78, 5) is 14.2. The Hall–Kier alpha value is -0.610. The lowest BCUT2D eigenvalue weighted by Gasteiger charge is -2.32. The zero-order valence-corrected chi connectivity index (χ0v) is 14.4. The predicted octanol–water partition coefficient (Wildman–Crippen LogP) is 2.68. The van der Waals surface area contributed by atoms with Crippen LogP contribution in [0.3, 0.4) is 0 Å². The van der Waals surface area contributed by atoms with Gasteiger partial charge in [-0.25, -0.2) is 0 Å². The van der Waals surface area contributed by atoms with E-state index in [1.165, 1.54) is 19.3 Å². The summed E-state index contributed by atoms with van der Waals surface area (Å²) < 4.78 is 5.55. The average molecular weight is 298 g/mol. The molecule has 1 unspecified atom stereocenters. The van der Waals surface area contributed by atoms with E-state index in [-0.39, 0.29) is 12.0 Å². The van der Waals surface area contributed by atoms with Crippen LogP contribution in [0.1, 0.15) is 53.4 Å². The lowest BCUT2D eigenvalue weighted by Crippen LogP contribution is -2.42. The van der Waals surface area contributed by atoms with Crippen LogP contribution in [0, 0.1) is 11.8 Å². The standard InChI is InChI=1S/C17H34N2O2/c1-5-15(4)21-11-8-18-17(20)13-19-9-6-16(7-10-19)12-14(2)3/h14-16H,5-13H2,1-4H3,(H,18,20). The number of likely N-dealkylation sites (tertiary alicyclic amines) is 1. The van der Waals surface area contributed by atoms with E-state index in [0.717, 1.165) is 31.3 Å². The third-order valence-electron chi connectivity index (χ3n) is 4.28. The minimum Gasteiger partial charge on any atom is -0.377 e. The highest BCUT2D eigenvalue weighted by Gasteiger charge is 2.21. The number of amides is 1. The summed E-state index contributed by atoms with van der Waals surface area (Å²) >= 11 is 0. The number of carbonyl (C=O) groups is 1. The highest BCUT2D eigenvalue weighted by Crippen LogP contribution is 2.23. The summed E-state index contributed by atoms with van der Waals surface area (Å²) in [5.41, 5.74) is 0. The molecular weight excluding hydrogens is 264 g/mol. The monoisotopic (exact) mass is 298 g/mol. The van der Waals surface area contributed by atoms with E-state index in [0.29, 0.717) is 19.7 Å². The van der Waals surface area contributed by atoms with Crippen molar-refractivity contribution in [3.8, 4) is 0 Å². The first-order valence-electron chi connectivity index (χ1n) is 8.61. The molecule has 1 aliphatic rings. The van der Waals surface area contributed by atoms with Crippen LogP contribution in [0.5, 0.6) is 0 Å². The predicted molar refractivity (Wildman–Crippen MR) is 87.3 cm³/mol. The van der Waals surface area contributed by atoms with Gasteiger partial charge in [-0.3, -0.25) is 9.69 Å². The van der Waals surface area contributed by atoms with E-state index in [4.69, 9.17) is 4.74 Å². The fourth-order valence-electron chi connectivity index (χ4n) is 2.87. The summed E-state index contributed by atoms with van der Waals surface area (Å²) in [6, 6.07) is 0. The van der Waals surface area contributed by atoms with E-state index in [1.807, 2.05) is 0 Å². The topological polar surface area (TPSA) is 41.6 Å². The Balaban J connectivity index is 2.08. The largest absolute Gasteiger partial charge is 0.377 e. The molecule has 0 aromatic carbocycles. The molecule has 4 nitrogen and oxygen atoms in total. The van der Waals surface area contributed by atoms with Crippen molar-refractivity contribution in [1.29, 1.82) is 0 Å². The molecule has 1 amide bonds. The third kappa shape index (κ3) is 8.42. The van der Waals surface area contributed by atoms with Crippen molar-refractivity contribution < 1.29 is 9.53 Å². The smallest absolute Gasteiger partial charge is 0.234 e. The number of hydrogen-bond acceptors (Lipinski definition) is 3. The van der Waals surface area contributed by atoms with Crippen molar-refractivity contribution in [2.24, 2.45) is 11.8 Å². The van der Waals surface area contributed by atoms with Gasteiger partial charge in [0, 0.05) is 6.54 Å². The Morgan fingerprint density at radius 1 is 1.29 bits per heavy atom. The van der Waals surface area contributed by atoms with Gasteiger partial charge in [-0.05, 0) is 57.5 Å². The summed E-state index contributed by atoms with van der Waals surface area (Å²) in [6.07, 6.45) is 5.10. The zero-order valence-electron chi connectivity index (χ0n) is 14.4. The number of hydrogen-bond donors (Lipinski definition) is 1. The van der Waals surface area contributed by atoms with Crippen molar-refractivity contribution >= 4 is 5.91 Å². The molecule has 1 rings (SSSR count). The van der Waals surface area contributed by atoms with Gasteiger partial charge >= 0.3 is 0 Å². The molecule has 124 valence electrons. The number of piperidine rings is 1. The van der Waals surface area contributed by atoms with Crippen LogP contribution in [0.4, 0.5) is 0 Å². The van der Waals surface area contributed by atoms with E-state index >= 15 is 0 Å². The van der Waals surface area contributed by atoms with Gasteiger partial charge in [0.25, 0.3) is 0 Å². The first kappa shape index (κ1) is 18.4. The number of nitrogens with zero attached hydrogens (tertiary/aromatic N) is 1. The Morgan fingerprint density at radius 2 is 1.95 bits per heavy atom. The van der Waals surface area contributed by atoms with E-state index in [1.54, 1.807) is 0 Å². The quantitative estimate of drug-likeness (QED) is 0.665. The molecule has 0 aliphatic carbocycles.